The predicted octanol–water partition coefficient (Wildman–Crippen LogP) is 3.76. The van der Waals surface area contributed by atoms with Gasteiger partial charge >= 0.3 is 0 Å². The van der Waals surface area contributed by atoms with Crippen LogP contribution in [-0.2, 0) is 33.9 Å². The van der Waals surface area contributed by atoms with E-state index in [0.717, 1.165) is 54.5 Å². The van der Waals surface area contributed by atoms with Gasteiger partial charge in [-0.25, -0.2) is 4.98 Å². The number of pyridine rings is 1. The lowest BCUT2D eigenvalue weighted by atomic mass is 9.77. The van der Waals surface area contributed by atoms with Crippen molar-refractivity contribution >= 4 is 74.3 Å². The quantitative estimate of drug-likeness (QED) is 0.153. The van der Waals surface area contributed by atoms with Crippen LogP contribution in [0.2, 0.25) is 5.02 Å². The minimum atomic E-state index is -0.885. The highest BCUT2D eigenvalue weighted by atomic mass is 35.5. The van der Waals surface area contributed by atoms with Crippen LogP contribution in [-0.4, -0.2) is 75.3 Å². The molecular weight excluding hydrogens is 700 g/mol. The number of amides is 3. The molecule has 2 fully saturated rings. The Labute approximate surface area is 310 Å². The number of nitrogens with zero attached hydrogens (tertiary/aromatic N) is 6. The standard InChI is InChI=1S/C37H41ClN10O5/c1-37(13-10-29(49)43-35(37)52)32-24-6-5-7-26(31(24)47(4)45-32)40-18-21-11-14-48(15-12-21)36-41-19-25(38)33(44-36)42-23-8-9-27-22(16-23)17-28(34(51)46(27)3)53-20-30(50)39-2/h5-9,16-17,19,21,40H,10-15,18,20H2,1-4H3,(H,39,50)(H,41,42,44)(H,43,49,52)/t37-/m1/s1. The fraction of sp³-hybridized carbons (Fsp3) is 0.378. The lowest BCUT2D eigenvalue weighted by Gasteiger charge is -2.32. The Morgan fingerprint density at radius 1 is 1.11 bits per heavy atom. The summed E-state index contributed by atoms with van der Waals surface area (Å²) in [5.74, 6) is 0.612. The SMILES string of the molecule is CNC(=O)COc1cc2cc(Nc3nc(N4CCC(CNc5cccc6c([C@@]7(C)CCC(=O)NC7=O)nn(C)c56)CC4)ncc3Cl)ccc2n(C)c1=O. The van der Waals surface area contributed by atoms with Crippen LogP contribution < -0.4 is 36.5 Å². The van der Waals surface area contributed by atoms with Gasteiger partial charge < -0.3 is 30.2 Å². The molecule has 2 aromatic carbocycles. The lowest BCUT2D eigenvalue weighted by molar-refractivity contribution is -0.137. The van der Waals surface area contributed by atoms with Crippen LogP contribution in [0.1, 0.15) is 38.3 Å². The number of hydrogen-bond donors (Lipinski definition) is 4. The number of aryl methyl sites for hydroxylation is 2. The number of piperidine rings is 2. The number of benzene rings is 2. The summed E-state index contributed by atoms with van der Waals surface area (Å²) in [4.78, 5) is 60.7. The van der Waals surface area contributed by atoms with E-state index in [1.54, 1.807) is 19.3 Å². The van der Waals surface area contributed by atoms with E-state index in [-0.39, 0.29) is 42.1 Å². The summed E-state index contributed by atoms with van der Waals surface area (Å²) < 4.78 is 8.79. The van der Waals surface area contributed by atoms with Crippen LogP contribution in [0.15, 0.2) is 53.5 Å². The van der Waals surface area contributed by atoms with E-state index in [2.05, 4.69) is 31.2 Å². The molecule has 0 unspecified atom stereocenters. The summed E-state index contributed by atoms with van der Waals surface area (Å²) in [6.45, 7) is 3.89. The minimum absolute atomic E-state index is 0.0732. The Balaban J connectivity index is 1.01. The molecule has 53 heavy (non-hydrogen) atoms. The first-order valence-corrected chi connectivity index (χ1v) is 17.9. The van der Waals surface area contributed by atoms with Crippen molar-refractivity contribution in [2.75, 3.05) is 48.8 Å². The van der Waals surface area contributed by atoms with Gasteiger partial charge in [-0.2, -0.15) is 10.1 Å². The molecule has 2 aliphatic heterocycles. The molecule has 5 aromatic rings. The van der Waals surface area contributed by atoms with Gasteiger partial charge in [0.2, 0.25) is 17.8 Å². The summed E-state index contributed by atoms with van der Waals surface area (Å²) >= 11 is 6.54. The summed E-state index contributed by atoms with van der Waals surface area (Å²) in [5.41, 5.74) is 2.72. The van der Waals surface area contributed by atoms with Crippen molar-refractivity contribution in [1.29, 1.82) is 0 Å². The summed E-state index contributed by atoms with van der Waals surface area (Å²) in [6, 6.07) is 13.1. The molecular formula is C37H41ClN10O5. The first-order chi connectivity index (χ1) is 25.4. The molecule has 276 valence electrons. The van der Waals surface area contributed by atoms with Gasteiger partial charge in [0.05, 0.1) is 34.0 Å². The number of rotatable bonds is 10. The van der Waals surface area contributed by atoms with Crippen molar-refractivity contribution in [2.45, 2.75) is 38.0 Å². The normalized spacial score (nSPS) is 17.9. The van der Waals surface area contributed by atoms with Crippen molar-refractivity contribution in [3.8, 4) is 5.75 Å². The minimum Gasteiger partial charge on any atom is -0.478 e. The number of para-hydroxylation sites is 1. The average molecular weight is 741 g/mol. The van der Waals surface area contributed by atoms with Crippen molar-refractivity contribution in [3.63, 3.8) is 0 Å². The van der Waals surface area contributed by atoms with E-state index < -0.39 is 5.41 Å². The molecule has 4 N–H and O–H groups in total. The van der Waals surface area contributed by atoms with Gasteiger partial charge in [0.25, 0.3) is 11.5 Å². The zero-order valence-electron chi connectivity index (χ0n) is 30.0. The highest BCUT2D eigenvalue weighted by Crippen LogP contribution is 2.38. The summed E-state index contributed by atoms with van der Waals surface area (Å²) in [6.07, 6.45) is 4.14. The molecule has 0 aliphatic carbocycles. The number of hydrogen-bond acceptors (Lipinski definition) is 11. The van der Waals surface area contributed by atoms with Crippen LogP contribution in [0.25, 0.3) is 21.8 Å². The maximum absolute atomic E-state index is 12.9. The second kappa shape index (κ2) is 14.4. The van der Waals surface area contributed by atoms with Gasteiger partial charge in [0.15, 0.2) is 18.2 Å². The second-order valence-corrected chi connectivity index (χ2v) is 14.2. The maximum Gasteiger partial charge on any atom is 0.293 e. The number of carbonyl (C=O) groups excluding carboxylic acids is 3. The number of anilines is 4. The summed E-state index contributed by atoms with van der Waals surface area (Å²) in [5, 5.41) is 18.7. The van der Waals surface area contributed by atoms with E-state index in [4.69, 9.17) is 26.4 Å². The van der Waals surface area contributed by atoms with Crippen molar-refractivity contribution in [3.05, 3.63) is 69.7 Å². The summed E-state index contributed by atoms with van der Waals surface area (Å²) in [7, 11) is 5.04. The fourth-order valence-corrected chi connectivity index (χ4v) is 7.23. The first kappa shape index (κ1) is 35.7. The monoisotopic (exact) mass is 740 g/mol. The topological polar surface area (TPSA) is 177 Å². The third-order valence-electron chi connectivity index (χ3n) is 10.3. The number of fused-ring (bicyclic) bond motifs is 2. The van der Waals surface area contributed by atoms with Crippen molar-refractivity contribution in [2.24, 2.45) is 20.0 Å². The molecule has 3 amide bonds. The van der Waals surface area contributed by atoms with Crippen LogP contribution in [0.4, 0.5) is 23.1 Å². The van der Waals surface area contributed by atoms with Crippen LogP contribution in [0.5, 0.6) is 5.75 Å². The highest BCUT2D eigenvalue weighted by molar-refractivity contribution is 6.33. The smallest absolute Gasteiger partial charge is 0.293 e. The Hall–Kier alpha value is -5.70. The Bertz CT molecular complexity index is 2320. The van der Waals surface area contributed by atoms with Crippen molar-refractivity contribution < 1.29 is 19.1 Å². The van der Waals surface area contributed by atoms with E-state index in [0.29, 0.717) is 46.0 Å². The third-order valence-corrected chi connectivity index (χ3v) is 10.6. The Kier molecular flexibility index (Phi) is 9.68. The van der Waals surface area contributed by atoms with Gasteiger partial charge in [0.1, 0.15) is 5.02 Å². The molecule has 15 nitrogen and oxygen atoms in total. The number of aromatic nitrogens is 5. The number of imide groups is 1. The van der Waals surface area contributed by atoms with Gasteiger partial charge in [-0.15, -0.1) is 0 Å². The number of carbonyl (C=O) groups is 3. The first-order valence-electron chi connectivity index (χ1n) is 17.5. The third kappa shape index (κ3) is 6.95. The maximum atomic E-state index is 12.9. The van der Waals surface area contributed by atoms with E-state index in [9.17, 15) is 19.2 Å². The van der Waals surface area contributed by atoms with Crippen LogP contribution in [0.3, 0.4) is 0 Å². The molecule has 0 bridgehead atoms. The van der Waals surface area contributed by atoms with Gasteiger partial charge in [-0.3, -0.25) is 29.2 Å². The highest BCUT2D eigenvalue weighted by Gasteiger charge is 2.43. The molecule has 7 rings (SSSR count). The molecule has 5 heterocycles. The lowest BCUT2D eigenvalue weighted by Crippen LogP contribution is -2.50. The average Bonchev–Trinajstić information content (AvgIpc) is 3.51. The van der Waals surface area contributed by atoms with Gasteiger partial charge in [-0.1, -0.05) is 23.7 Å². The molecule has 0 radical (unpaired) electrons. The van der Waals surface area contributed by atoms with Crippen LogP contribution in [0, 0.1) is 5.92 Å². The van der Waals surface area contributed by atoms with Gasteiger partial charge in [-0.05, 0) is 62.4 Å². The molecule has 0 spiro atoms. The molecule has 0 saturated carbocycles. The molecule has 2 saturated heterocycles. The zero-order chi connectivity index (χ0) is 37.4. The van der Waals surface area contributed by atoms with Crippen molar-refractivity contribution in [1.82, 2.24) is 34.9 Å². The fourth-order valence-electron chi connectivity index (χ4n) is 7.09. The molecule has 1 atom stereocenters. The van der Waals surface area contributed by atoms with E-state index in [1.165, 1.54) is 11.6 Å². The number of halogens is 1. The zero-order valence-corrected chi connectivity index (χ0v) is 30.7. The predicted molar refractivity (Wildman–Crippen MR) is 203 cm³/mol. The molecule has 2 aliphatic rings. The second-order valence-electron chi connectivity index (χ2n) is 13.8. The van der Waals surface area contributed by atoms with Gasteiger partial charge in [0, 0.05) is 63.7 Å². The number of nitrogens with one attached hydrogen (secondary N) is 4. The largest absolute Gasteiger partial charge is 0.478 e. The number of likely N-dealkylation sites (N-methyl/N-ethyl adjacent to an activating group) is 1. The van der Waals surface area contributed by atoms with E-state index in [1.807, 2.05) is 55.1 Å². The van der Waals surface area contributed by atoms with E-state index >= 15 is 0 Å². The Morgan fingerprint density at radius 3 is 2.66 bits per heavy atom. The molecule has 16 heteroatoms. The molecule has 3 aromatic heterocycles. The van der Waals surface area contributed by atoms with Crippen LogP contribution >= 0.6 is 11.6 Å². The number of ether oxygens (including phenoxy) is 1. The Morgan fingerprint density at radius 2 is 1.91 bits per heavy atom.